The first-order valence-electron chi connectivity index (χ1n) is 6.20. The average molecular weight is 302 g/mol. The van der Waals surface area contributed by atoms with Gasteiger partial charge < -0.3 is 10.4 Å². The standard InChI is InChI=1S/C13H16F2N2O4/c1-13(2,3-4-18)7-16-12(19)9-5-8(14)6-10(11(9)15)17(20)21/h5-6,18H,3-4,7H2,1-2H3,(H,16,19). The summed E-state index contributed by atoms with van der Waals surface area (Å²) >= 11 is 0. The van der Waals surface area contributed by atoms with Gasteiger partial charge in [0.2, 0.25) is 5.82 Å². The first kappa shape index (κ1) is 17.0. The minimum Gasteiger partial charge on any atom is -0.396 e. The number of rotatable bonds is 6. The molecule has 1 rings (SSSR count). The zero-order valence-electron chi connectivity index (χ0n) is 11.7. The molecule has 8 heteroatoms. The lowest BCUT2D eigenvalue weighted by molar-refractivity contribution is -0.387. The number of nitrogens with one attached hydrogen (secondary N) is 1. The molecule has 0 radical (unpaired) electrons. The zero-order chi connectivity index (χ0) is 16.2. The summed E-state index contributed by atoms with van der Waals surface area (Å²) in [6.45, 7) is 3.57. The van der Waals surface area contributed by atoms with Crippen molar-refractivity contribution in [3.63, 3.8) is 0 Å². The van der Waals surface area contributed by atoms with Gasteiger partial charge in [-0.2, -0.15) is 4.39 Å². The molecule has 21 heavy (non-hydrogen) atoms. The molecule has 0 aromatic heterocycles. The Kier molecular flexibility index (Phi) is 5.31. The number of aliphatic hydroxyl groups is 1. The van der Waals surface area contributed by atoms with Gasteiger partial charge in [0.1, 0.15) is 5.82 Å². The van der Waals surface area contributed by atoms with Gasteiger partial charge in [-0.25, -0.2) is 4.39 Å². The SMILES string of the molecule is CC(C)(CCO)CNC(=O)c1cc(F)cc([N+](=O)[O-])c1F. The van der Waals surface area contributed by atoms with Crippen molar-refractivity contribution >= 4 is 11.6 Å². The van der Waals surface area contributed by atoms with Crippen LogP contribution < -0.4 is 5.32 Å². The molecule has 0 aliphatic rings. The van der Waals surface area contributed by atoms with Gasteiger partial charge in [0.15, 0.2) is 0 Å². The highest BCUT2D eigenvalue weighted by Crippen LogP contribution is 2.23. The molecule has 0 heterocycles. The lowest BCUT2D eigenvalue weighted by atomic mass is 9.89. The van der Waals surface area contributed by atoms with Crippen molar-refractivity contribution in [1.29, 1.82) is 0 Å². The van der Waals surface area contributed by atoms with Gasteiger partial charge in [-0.1, -0.05) is 13.8 Å². The van der Waals surface area contributed by atoms with E-state index in [4.69, 9.17) is 5.11 Å². The predicted molar refractivity (Wildman–Crippen MR) is 70.8 cm³/mol. The lowest BCUT2D eigenvalue weighted by Gasteiger charge is -2.23. The van der Waals surface area contributed by atoms with Crippen molar-refractivity contribution in [2.45, 2.75) is 20.3 Å². The first-order valence-corrected chi connectivity index (χ1v) is 6.20. The molecular weight excluding hydrogens is 286 g/mol. The number of aliphatic hydroxyl groups excluding tert-OH is 1. The summed E-state index contributed by atoms with van der Waals surface area (Å²) in [6, 6.07) is 1.03. The second kappa shape index (κ2) is 6.57. The number of nitro groups is 1. The molecule has 2 N–H and O–H groups in total. The van der Waals surface area contributed by atoms with Crippen LogP contribution in [0.3, 0.4) is 0 Å². The molecule has 0 aliphatic carbocycles. The fourth-order valence-electron chi connectivity index (χ4n) is 1.68. The van der Waals surface area contributed by atoms with E-state index in [2.05, 4.69) is 5.32 Å². The summed E-state index contributed by atoms with van der Waals surface area (Å²) in [4.78, 5) is 21.3. The average Bonchev–Trinajstić information content (AvgIpc) is 2.38. The monoisotopic (exact) mass is 302 g/mol. The number of hydrogen-bond acceptors (Lipinski definition) is 4. The summed E-state index contributed by atoms with van der Waals surface area (Å²) in [7, 11) is 0. The summed E-state index contributed by atoms with van der Waals surface area (Å²) in [6.07, 6.45) is 0.402. The Hall–Kier alpha value is -2.09. The Morgan fingerprint density at radius 3 is 2.57 bits per heavy atom. The molecule has 0 unspecified atom stereocenters. The molecule has 0 saturated heterocycles. The quantitative estimate of drug-likeness (QED) is 0.621. The summed E-state index contributed by atoms with van der Waals surface area (Å²) in [5.74, 6) is -3.39. The fraction of sp³-hybridized carbons (Fsp3) is 0.462. The van der Waals surface area contributed by atoms with E-state index < -0.39 is 39.1 Å². The molecule has 0 spiro atoms. The van der Waals surface area contributed by atoms with Crippen molar-refractivity contribution in [2.75, 3.05) is 13.2 Å². The predicted octanol–water partition coefficient (Wildman–Crippen LogP) is 2.01. The molecule has 1 aromatic rings. The van der Waals surface area contributed by atoms with Gasteiger partial charge in [0, 0.05) is 13.2 Å². The van der Waals surface area contributed by atoms with Crippen LogP contribution in [0.15, 0.2) is 12.1 Å². The highest BCUT2D eigenvalue weighted by atomic mass is 19.1. The third-order valence-electron chi connectivity index (χ3n) is 2.98. The maximum atomic E-state index is 13.8. The number of hydrogen-bond donors (Lipinski definition) is 2. The highest BCUT2D eigenvalue weighted by Gasteiger charge is 2.25. The molecule has 1 aromatic carbocycles. The Balaban J connectivity index is 2.96. The van der Waals surface area contributed by atoms with E-state index in [0.717, 1.165) is 0 Å². The molecule has 0 aliphatic heterocycles. The number of amides is 1. The van der Waals surface area contributed by atoms with Crippen LogP contribution in [0.25, 0.3) is 0 Å². The van der Waals surface area contributed by atoms with Gasteiger partial charge in [-0.3, -0.25) is 14.9 Å². The summed E-state index contributed by atoms with van der Waals surface area (Å²) < 4.78 is 27.1. The van der Waals surface area contributed by atoms with E-state index in [0.29, 0.717) is 18.6 Å². The van der Waals surface area contributed by atoms with Crippen LogP contribution in [0.5, 0.6) is 0 Å². The number of benzene rings is 1. The van der Waals surface area contributed by atoms with Gasteiger partial charge in [-0.05, 0) is 17.9 Å². The van der Waals surface area contributed by atoms with Crippen LogP contribution in [-0.4, -0.2) is 29.1 Å². The summed E-state index contributed by atoms with van der Waals surface area (Å²) in [5, 5.41) is 21.8. The first-order chi connectivity index (χ1) is 9.68. The maximum Gasteiger partial charge on any atom is 0.308 e. The van der Waals surface area contributed by atoms with E-state index in [-0.39, 0.29) is 13.2 Å². The fourth-order valence-corrected chi connectivity index (χ4v) is 1.68. The van der Waals surface area contributed by atoms with Crippen molar-refractivity contribution in [1.82, 2.24) is 5.32 Å². The van der Waals surface area contributed by atoms with Gasteiger partial charge in [0.05, 0.1) is 16.6 Å². The van der Waals surface area contributed by atoms with Crippen LogP contribution >= 0.6 is 0 Å². The minimum atomic E-state index is -1.38. The van der Waals surface area contributed by atoms with Gasteiger partial charge in [-0.15, -0.1) is 0 Å². The molecule has 116 valence electrons. The number of nitrogens with zero attached hydrogens (tertiary/aromatic N) is 1. The van der Waals surface area contributed by atoms with Crippen molar-refractivity contribution < 1.29 is 23.6 Å². The molecule has 1 amide bonds. The van der Waals surface area contributed by atoms with Crippen LogP contribution in [0, 0.1) is 27.2 Å². The third kappa shape index (κ3) is 4.45. The molecule has 0 atom stereocenters. The van der Waals surface area contributed by atoms with Crippen LogP contribution in [-0.2, 0) is 0 Å². The molecule has 6 nitrogen and oxygen atoms in total. The van der Waals surface area contributed by atoms with Crippen molar-refractivity contribution in [3.05, 3.63) is 39.4 Å². The van der Waals surface area contributed by atoms with Crippen molar-refractivity contribution in [3.8, 4) is 0 Å². The zero-order valence-corrected chi connectivity index (χ0v) is 11.7. The van der Waals surface area contributed by atoms with E-state index in [1.165, 1.54) is 0 Å². The Morgan fingerprint density at radius 2 is 2.05 bits per heavy atom. The number of carbonyl (C=O) groups excluding carboxylic acids is 1. The van der Waals surface area contributed by atoms with Gasteiger partial charge >= 0.3 is 5.69 Å². The molecular formula is C13H16F2N2O4. The number of nitro benzene ring substituents is 1. The minimum absolute atomic E-state index is 0.0807. The molecule has 0 bridgehead atoms. The number of halogens is 2. The number of carbonyl (C=O) groups is 1. The molecule has 0 fully saturated rings. The third-order valence-corrected chi connectivity index (χ3v) is 2.98. The van der Waals surface area contributed by atoms with Crippen LogP contribution in [0.1, 0.15) is 30.6 Å². The van der Waals surface area contributed by atoms with E-state index >= 15 is 0 Å². The second-order valence-electron chi connectivity index (χ2n) is 5.36. The van der Waals surface area contributed by atoms with Crippen LogP contribution in [0.4, 0.5) is 14.5 Å². The highest BCUT2D eigenvalue weighted by molar-refractivity contribution is 5.95. The second-order valence-corrected chi connectivity index (χ2v) is 5.36. The molecule has 0 saturated carbocycles. The van der Waals surface area contributed by atoms with E-state index in [9.17, 15) is 23.7 Å². The Labute approximate surface area is 119 Å². The van der Waals surface area contributed by atoms with E-state index in [1.807, 2.05) is 0 Å². The van der Waals surface area contributed by atoms with E-state index in [1.54, 1.807) is 13.8 Å². The normalized spacial score (nSPS) is 11.3. The smallest absolute Gasteiger partial charge is 0.308 e. The maximum absolute atomic E-state index is 13.8. The largest absolute Gasteiger partial charge is 0.396 e. The van der Waals surface area contributed by atoms with Crippen molar-refractivity contribution in [2.24, 2.45) is 5.41 Å². The topological polar surface area (TPSA) is 92.5 Å². The summed E-state index contributed by atoms with van der Waals surface area (Å²) in [5.41, 5.74) is -2.25. The Bertz CT molecular complexity index is 561. The van der Waals surface area contributed by atoms with Gasteiger partial charge in [0.25, 0.3) is 5.91 Å². The van der Waals surface area contributed by atoms with Crippen LogP contribution in [0.2, 0.25) is 0 Å². The lowest BCUT2D eigenvalue weighted by Crippen LogP contribution is -2.35. The Morgan fingerprint density at radius 1 is 1.43 bits per heavy atom.